The van der Waals surface area contributed by atoms with Gasteiger partial charge in [-0.3, -0.25) is 4.79 Å². The van der Waals surface area contributed by atoms with Gasteiger partial charge in [-0.05, 0) is 62.2 Å². The van der Waals surface area contributed by atoms with Crippen LogP contribution < -0.4 is 10.5 Å². The van der Waals surface area contributed by atoms with Crippen LogP contribution in [0.15, 0.2) is 54.9 Å². The zero-order valence-electron chi connectivity index (χ0n) is 20.8. The Hall–Kier alpha value is -3.76. The fourth-order valence-electron chi connectivity index (χ4n) is 4.55. The molecule has 1 saturated heterocycles. The normalized spacial score (nSPS) is 14.8. The van der Waals surface area contributed by atoms with Crippen LogP contribution in [0.3, 0.4) is 0 Å². The van der Waals surface area contributed by atoms with Crippen molar-refractivity contribution in [3.05, 3.63) is 87.7 Å². The number of likely N-dealkylation sites (tertiary alicyclic amines) is 1. The second-order valence-electron chi connectivity index (χ2n) is 9.24. The third-order valence-electron chi connectivity index (χ3n) is 6.69. The predicted molar refractivity (Wildman–Crippen MR) is 144 cm³/mol. The van der Waals surface area contributed by atoms with Gasteiger partial charge in [-0.2, -0.15) is 0 Å². The van der Waals surface area contributed by atoms with Gasteiger partial charge >= 0.3 is 0 Å². The average molecular weight is 573 g/mol. The number of anilines is 1. The van der Waals surface area contributed by atoms with Gasteiger partial charge in [0.15, 0.2) is 11.6 Å². The standard InChI is InChI=1S/C27H24Cl2F2N6O2/c1-15(24-20(28)6-7-21(31)25(24)29)39-23-12-17(13-33-26(23)32)22-14-37(35-34-22)19-8-10-36(11-9-19)27(38)16-2-4-18(30)5-3-16/h2-7,12-15,19H,8-11H2,1H3,(H2,32,33). The van der Waals surface area contributed by atoms with Gasteiger partial charge in [-0.15, -0.1) is 5.10 Å². The lowest BCUT2D eigenvalue weighted by Gasteiger charge is -2.31. The molecule has 2 N–H and O–H groups in total. The van der Waals surface area contributed by atoms with E-state index in [1.165, 1.54) is 36.4 Å². The molecular weight excluding hydrogens is 549 g/mol. The average Bonchev–Trinajstić information content (AvgIpc) is 3.43. The minimum atomic E-state index is -0.710. The molecule has 5 rings (SSSR count). The van der Waals surface area contributed by atoms with Crippen molar-refractivity contribution in [3.63, 3.8) is 0 Å². The largest absolute Gasteiger partial charge is 0.482 e. The second-order valence-corrected chi connectivity index (χ2v) is 10.0. The first kappa shape index (κ1) is 26.8. The fraction of sp³-hybridized carbons (Fsp3) is 0.259. The summed E-state index contributed by atoms with van der Waals surface area (Å²) < 4.78 is 34.9. The molecule has 2 aromatic heterocycles. The second kappa shape index (κ2) is 11.2. The number of benzene rings is 2. The number of amides is 1. The maximum atomic E-state index is 14.0. The molecule has 12 heteroatoms. The number of nitrogens with zero attached hydrogens (tertiary/aromatic N) is 5. The molecule has 1 aliphatic rings. The summed E-state index contributed by atoms with van der Waals surface area (Å²) in [6.45, 7) is 2.77. The number of hydrogen-bond donors (Lipinski definition) is 1. The molecule has 1 atom stereocenters. The third-order valence-corrected chi connectivity index (χ3v) is 7.41. The Kier molecular flexibility index (Phi) is 7.67. The number of nitrogens with two attached hydrogens (primary N) is 1. The number of carbonyl (C=O) groups is 1. The molecule has 1 unspecified atom stereocenters. The van der Waals surface area contributed by atoms with E-state index in [2.05, 4.69) is 15.3 Å². The highest BCUT2D eigenvalue weighted by molar-refractivity contribution is 6.36. The summed E-state index contributed by atoms with van der Waals surface area (Å²) in [6.07, 6.45) is 4.04. The van der Waals surface area contributed by atoms with E-state index in [-0.39, 0.29) is 39.4 Å². The van der Waals surface area contributed by atoms with Gasteiger partial charge in [0, 0.05) is 41.0 Å². The maximum Gasteiger partial charge on any atom is 0.253 e. The lowest BCUT2D eigenvalue weighted by atomic mass is 10.0. The molecule has 39 heavy (non-hydrogen) atoms. The van der Waals surface area contributed by atoms with E-state index in [4.69, 9.17) is 33.7 Å². The van der Waals surface area contributed by atoms with Crippen molar-refractivity contribution in [3.8, 4) is 17.0 Å². The summed E-state index contributed by atoms with van der Waals surface area (Å²) in [5.41, 5.74) is 7.99. The van der Waals surface area contributed by atoms with Crippen molar-refractivity contribution >= 4 is 34.9 Å². The molecule has 0 aliphatic carbocycles. The fourth-order valence-corrected chi connectivity index (χ4v) is 5.23. The molecule has 4 aromatic rings. The van der Waals surface area contributed by atoms with Crippen LogP contribution in [0.2, 0.25) is 10.0 Å². The highest BCUT2D eigenvalue weighted by atomic mass is 35.5. The quantitative estimate of drug-likeness (QED) is 0.279. The van der Waals surface area contributed by atoms with Crippen molar-refractivity contribution in [2.75, 3.05) is 18.8 Å². The van der Waals surface area contributed by atoms with E-state index in [0.29, 0.717) is 48.3 Å². The van der Waals surface area contributed by atoms with Gasteiger partial charge in [-0.25, -0.2) is 18.4 Å². The summed E-state index contributed by atoms with van der Waals surface area (Å²) in [5.74, 6) is -0.701. The first-order valence-corrected chi connectivity index (χ1v) is 13.0. The zero-order chi connectivity index (χ0) is 27.7. The van der Waals surface area contributed by atoms with Crippen LogP contribution in [0, 0.1) is 11.6 Å². The third kappa shape index (κ3) is 5.67. The molecule has 2 aromatic carbocycles. The van der Waals surface area contributed by atoms with E-state index >= 15 is 0 Å². The van der Waals surface area contributed by atoms with Gasteiger partial charge < -0.3 is 15.4 Å². The number of pyridine rings is 1. The lowest BCUT2D eigenvalue weighted by Crippen LogP contribution is -2.39. The number of halogens is 4. The maximum absolute atomic E-state index is 14.0. The van der Waals surface area contributed by atoms with Crippen molar-refractivity contribution in [1.82, 2.24) is 24.9 Å². The van der Waals surface area contributed by atoms with Crippen molar-refractivity contribution < 1.29 is 18.3 Å². The monoisotopic (exact) mass is 572 g/mol. The van der Waals surface area contributed by atoms with Crippen LogP contribution >= 0.6 is 23.2 Å². The summed E-state index contributed by atoms with van der Waals surface area (Å²) in [4.78, 5) is 18.7. The number of nitrogen functional groups attached to an aromatic ring is 1. The lowest BCUT2D eigenvalue weighted by molar-refractivity contribution is 0.0689. The molecule has 0 radical (unpaired) electrons. The van der Waals surface area contributed by atoms with Crippen LogP contribution in [0.4, 0.5) is 14.6 Å². The Morgan fingerprint density at radius 3 is 2.56 bits per heavy atom. The molecule has 0 spiro atoms. The number of piperidine rings is 1. The van der Waals surface area contributed by atoms with E-state index in [9.17, 15) is 13.6 Å². The van der Waals surface area contributed by atoms with Crippen LogP contribution in [-0.4, -0.2) is 43.9 Å². The van der Waals surface area contributed by atoms with Gasteiger partial charge in [0.25, 0.3) is 5.91 Å². The van der Waals surface area contributed by atoms with Gasteiger partial charge in [0.2, 0.25) is 0 Å². The van der Waals surface area contributed by atoms with Crippen molar-refractivity contribution in [2.24, 2.45) is 0 Å². The van der Waals surface area contributed by atoms with E-state index in [1.54, 1.807) is 28.8 Å². The number of rotatable bonds is 6. The van der Waals surface area contributed by atoms with Crippen molar-refractivity contribution in [2.45, 2.75) is 31.9 Å². The first-order chi connectivity index (χ1) is 18.7. The molecule has 1 fully saturated rings. The zero-order valence-corrected chi connectivity index (χ0v) is 22.3. The Morgan fingerprint density at radius 2 is 1.85 bits per heavy atom. The Balaban J connectivity index is 1.27. The smallest absolute Gasteiger partial charge is 0.253 e. The summed E-state index contributed by atoms with van der Waals surface area (Å²) >= 11 is 12.4. The molecule has 202 valence electrons. The molecule has 1 aliphatic heterocycles. The molecule has 3 heterocycles. The van der Waals surface area contributed by atoms with Gasteiger partial charge in [0.1, 0.15) is 23.4 Å². The summed E-state index contributed by atoms with van der Waals surface area (Å²) in [7, 11) is 0. The Labute approximate surface area is 233 Å². The first-order valence-electron chi connectivity index (χ1n) is 12.2. The van der Waals surface area contributed by atoms with Crippen LogP contribution in [0.25, 0.3) is 11.3 Å². The SMILES string of the molecule is CC(Oc1cc(-c2cn(C3CCN(C(=O)c4ccc(F)cc4)CC3)nn2)cnc1N)c1c(Cl)ccc(F)c1Cl. The van der Waals surface area contributed by atoms with Crippen molar-refractivity contribution in [1.29, 1.82) is 0 Å². The molecule has 1 amide bonds. The predicted octanol–water partition coefficient (Wildman–Crippen LogP) is 6.12. The molecular formula is C27H24Cl2F2N6O2. The number of ether oxygens (including phenoxy) is 1. The summed E-state index contributed by atoms with van der Waals surface area (Å²) in [5, 5.41) is 8.73. The Morgan fingerprint density at radius 1 is 1.13 bits per heavy atom. The van der Waals surface area contributed by atoms with E-state index in [0.717, 1.165) is 0 Å². The number of aromatic nitrogens is 4. The molecule has 0 saturated carbocycles. The van der Waals surface area contributed by atoms with Crippen LogP contribution in [0.5, 0.6) is 5.75 Å². The highest BCUT2D eigenvalue weighted by Gasteiger charge is 2.26. The van der Waals surface area contributed by atoms with Crippen LogP contribution in [0.1, 0.15) is 47.8 Å². The highest BCUT2D eigenvalue weighted by Crippen LogP contribution is 2.37. The molecule has 0 bridgehead atoms. The van der Waals surface area contributed by atoms with E-state index < -0.39 is 11.9 Å². The number of hydrogen-bond acceptors (Lipinski definition) is 6. The minimum absolute atomic E-state index is 0.0539. The summed E-state index contributed by atoms with van der Waals surface area (Å²) in [6, 6.07) is 9.89. The minimum Gasteiger partial charge on any atom is -0.482 e. The topological polar surface area (TPSA) is 99.2 Å². The van der Waals surface area contributed by atoms with Gasteiger partial charge in [0.05, 0.1) is 17.3 Å². The van der Waals surface area contributed by atoms with E-state index in [1.807, 2.05) is 6.20 Å². The van der Waals surface area contributed by atoms with Crippen LogP contribution in [-0.2, 0) is 0 Å². The number of carbonyl (C=O) groups excluding carboxylic acids is 1. The molecule has 8 nitrogen and oxygen atoms in total. The Bertz CT molecular complexity index is 1510. The van der Waals surface area contributed by atoms with Gasteiger partial charge in [-0.1, -0.05) is 28.4 Å².